The number of hydrogen-bond donors (Lipinski definition) is 3. The Morgan fingerprint density at radius 3 is 2.31 bits per heavy atom. The van der Waals surface area contributed by atoms with Gasteiger partial charge in [-0.15, -0.1) is 23.1 Å². The molecule has 48 heavy (non-hydrogen) atoms. The number of para-hydroxylation sites is 1. The highest BCUT2D eigenvalue weighted by molar-refractivity contribution is 8.00. The first kappa shape index (κ1) is 33.5. The van der Waals surface area contributed by atoms with Crippen molar-refractivity contribution in [2.75, 3.05) is 30.6 Å². The normalized spacial score (nSPS) is 10.8. The summed E-state index contributed by atoms with van der Waals surface area (Å²) in [5.74, 6) is -0.358. The Hall–Kier alpha value is -5.83. The van der Waals surface area contributed by atoms with Crippen molar-refractivity contribution in [1.29, 1.82) is 5.26 Å². The van der Waals surface area contributed by atoms with Crippen molar-refractivity contribution >= 4 is 57.6 Å². The number of nitriles is 1. The lowest BCUT2D eigenvalue weighted by atomic mass is 10.1. The molecule has 11 heteroatoms. The molecule has 0 spiro atoms. The van der Waals surface area contributed by atoms with E-state index in [2.05, 4.69) is 22.0 Å². The van der Waals surface area contributed by atoms with E-state index in [-0.39, 0.29) is 17.4 Å². The number of nitrogens with zero attached hydrogens (tertiary/aromatic N) is 1. The molecular weight excluding hydrogens is 645 g/mol. The Morgan fingerprint density at radius 2 is 1.60 bits per heavy atom. The molecule has 0 aliphatic heterocycles. The van der Waals surface area contributed by atoms with Crippen molar-refractivity contribution < 1.29 is 23.9 Å². The molecule has 1 heterocycles. The van der Waals surface area contributed by atoms with Crippen LogP contribution in [0.2, 0.25) is 0 Å². The van der Waals surface area contributed by atoms with Crippen molar-refractivity contribution in [1.82, 2.24) is 5.32 Å². The number of thioether (sulfide) groups is 1. The number of anilines is 2. The van der Waals surface area contributed by atoms with Gasteiger partial charge in [-0.25, -0.2) is 0 Å². The van der Waals surface area contributed by atoms with E-state index in [9.17, 15) is 19.6 Å². The van der Waals surface area contributed by atoms with Gasteiger partial charge in [0.2, 0.25) is 5.91 Å². The van der Waals surface area contributed by atoms with Crippen LogP contribution in [0.3, 0.4) is 0 Å². The summed E-state index contributed by atoms with van der Waals surface area (Å²) in [6.07, 6.45) is 1.52. The van der Waals surface area contributed by atoms with Gasteiger partial charge in [-0.05, 0) is 48.0 Å². The second-order valence-electron chi connectivity index (χ2n) is 10.1. The van der Waals surface area contributed by atoms with E-state index in [1.807, 2.05) is 41.8 Å². The van der Waals surface area contributed by atoms with Crippen molar-refractivity contribution in [3.63, 3.8) is 0 Å². The van der Waals surface area contributed by atoms with Crippen LogP contribution in [0.15, 0.2) is 119 Å². The lowest BCUT2D eigenvalue weighted by molar-refractivity contribution is -0.114. The number of methoxy groups -OCH3 is 2. The van der Waals surface area contributed by atoms with Gasteiger partial charge in [0.15, 0.2) is 11.5 Å². The van der Waals surface area contributed by atoms with E-state index in [4.69, 9.17) is 9.47 Å². The minimum absolute atomic E-state index is 0.0213. The lowest BCUT2D eigenvalue weighted by Gasteiger charge is -2.14. The third kappa shape index (κ3) is 8.30. The minimum Gasteiger partial charge on any atom is -0.493 e. The van der Waals surface area contributed by atoms with E-state index in [1.165, 1.54) is 43.4 Å². The molecule has 1 aromatic heterocycles. The molecule has 0 radical (unpaired) electrons. The Balaban J connectivity index is 1.29. The van der Waals surface area contributed by atoms with Gasteiger partial charge in [0, 0.05) is 32.7 Å². The predicted octanol–water partition coefficient (Wildman–Crippen LogP) is 7.44. The fraction of sp³-hybridized carbons (Fsp3) is 0.0811. The molecule has 3 amide bonds. The second-order valence-corrected chi connectivity index (χ2v) is 12.0. The zero-order valence-electron chi connectivity index (χ0n) is 26.0. The number of rotatable bonds is 12. The summed E-state index contributed by atoms with van der Waals surface area (Å²) in [7, 11) is 3.00. The van der Waals surface area contributed by atoms with Crippen LogP contribution in [-0.2, 0) is 9.59 Å². The molecule has 0 unspecified atom stereocenters. The van der Waals surface area contributed by atoms with Crippen LogP contribution in [0.5, 0.6) is 11.5 Å². The topological polar surface area (TPSA) is 130 Å². The third-order valence-corrected chi connectivity index (χ3v) is 8.85. The summed E-state index contributed by atoms with van der Waals surface area (Å²) in [5, 5.41) is 20.6. The van der Waals surface area contributed by atoms with Crippen molar-refractivity contribution in [2.45, 2.75) is 4.90 Å². The van der Waals surface area contributed by atoms with E-state index in [1.54, 1.807) is 66.7 Å². The monoisotopic (exact) mass is 674 g/mol. The van der Waals surface area contributed by atoms with Gasteiger partial charge in [0.05, 0.1) is 25.5 Å². The summed E-state index contributed by atoms with van der Waals surface area (Å²) in [4.78, 5) is 40.3. The van der Waals surface area contributed by atoms with Gasteiger partial charge in [-0.1, -0.05) is 66.7 Å². The predicted molar refractivity (Wildman–Crippen MR) is 190 cm³/mol. The van der Waals surface area contributed by atoms with E-state index >= 15 is 0 Å². The van der Waals surface area contributed by atoms with Crippen molar-refractivity contribution in [2.24, 2.45) is 0 Å². The maximum absolute atomic E-state index is 13.6. The van der Waals surface area contributed by atoms with Gasteiger partial charge in [-0.3, -0.25) is 14.4 Å². The standard InChI is InChI=1S/C37H30N4O5S2/c1-45-32-18-9-15-26(34(32)46-2)19-31(40-35(43)25-13-7-4-8-14-25)36(44)39-27-16-10-17-28(20-27)47-23-33(42)41-37-29(21-38)30(22-48-37)24-11-5-3-6-12-24/h3-20,22H,23H2,1-2H3,(H,39,44)(H,40,43)(H,41,42)/b31-19+. The molecule has 0 aliphatic carbocycles. The fourth-order valence-electron chi connectivity index (χ4n) is 4.69. The lowest BCUT2D eigenvalue weighted by Crippen LogP contribution is -2.30. The number of nitrogens with one attached hydrogen (secondary N) is 3. The SMILES string of the molecule is COc1cccc(/C=C(/NC(=O)c2ccccc2)C(=O)Nc2cccc(SCC(=O)Nc3scc(-c4ccccc4)c3C#N)c2)c1OC. The molecule has 0 bridgehead atoms. The smallest absolute Gasteiger partial charge is 0.272 e. The second kappa shape index (κ2) is 16.1. The fourth-order valence-corrected chi connectivity index (χ4v) is 6.38. The highest BCUT2D eigenvalue weighted by Crippen LogP contribution is 2.35. The van der Waals surface area contributed by atoms with Crippen LogP contribution in [-0.4, -0.2) is 37.7 Å². The summed E-state index contributed by atoms with van der Waals surface area (Å²) >= 11 is 2.58. The largest absolute Gasteiger partial charge is 0.493 e. The Kier molecular flexibility index (Phi) is 11.3. The molecule has 3 N–H and O–H groups in total. The highest BCUT2D eigenvalue weighted by atomic mass is 32.2. The van der Waals surface area contributed by atoms with Gasteiger partial charge < -0.3 is 25.4 Å². The van der Waals surface area contributed by atoms with E-state index in [0.717, 1.165) is 16.0 Å². The number of carbonyl (C=O) groups excluding carboxylic acids is 3. The quantitative estimate of drug-likeness (QED) is 0.0926. The number of benzene rings is 4. The molecule has 4 aromatic carbocycles. The molecule has 9 nitrogen and oxygen atoms in total. The van der Waals surface area contributed by atoms with Crippen LogP contribution in [0.1, 0.15) is 21.5 Å². The van der Waals surface area contributed by atoms with Gasteiger partial charge in [0.1, 0.15) is 16.8 Å². The Morgan fingerprint density at radius 1 is 0.875 bits per heavy atom. The number of thiophene rings is 1. The average Bonchev–Trinajstić information content (AvgIpc) is 3.53. The molecule has 0 aliphatic rings. The third-order valence-electron chi connectivity index (χ3n) is 6.96. The van der Waals surface area contributed by atoms with Crippen molar-refractivity contribution in [3.05, 3.63) is 131 Å². The molecule has 5 aromatic rings. The number of carbonyl (C=O) groups is 3. The molecular formula is C37H30N4O5S2. The first-order chi connectivity index (χ1) is 23.4. The number of ether oxygens (including phenoxy) is 2. The van der Waals surface area contributed by atoms with Crippen molar-refractivity contribution in [3.8, 4) is 28.7 Å². The molecule has 240 valence electrons. The molecule has 5 rings (SSSR count). The number of amides is 3. The minimum atomic E-state index is -0.569. The average molecular weight is 675 g/mol. The van der Waals surface area contributed by atoms with Crippen LogP contribution in [0, 0.1) is 11.3 Å². The van der Waals surface area contributed by atoms with E-state index in [0.29, 0.717) is 38.9 Å². The maximum Gasteiger partial charge on any atom is 0.272 e. The Bertz CT molecular complexity index is 2000. The summed E-state index contributed by atoms with van der Waals surface area (Å²) in [6.45, 7) is 0. The van der Waals surface area contributed by atoms with E-state index < -0.39 is 11.8 Å². The first-order valence-electron chi connectivity index (χ1n) is 14.6. The summed E-state index contributed by atoms with van der Waals surface area (Å²) in [5.41, 5.74) is 3.43. The van der Waals surface area contributed by atoms with Crippen LogP contribution in [0.25, 0.3) is 17.2 Å². The molecule has 0 fully saturated rings. The van der Waals surface area contributed by atoms with Crippen LogP contribution >= 0.6 is 23.1 Å². The highest BCUT2D eigenvalue weighted by Gasteiger charge is 2.18. The molecule has 0 atom stereocenters. The summed E-state index contributed by atoms with van der Waals surface area (Å²) < 4.78 is 10.9. The number of hydrogen-bond acceptors (Lipinski definition) is 8. The van der Waals surface area contributed by atoms with Crippen LogP contribution in [0.4, 0.5) is 10.7 Å². The van der Waals surface area contributed by atoms with Gasteiger partial charge in [-0.2, -0.15) is 5.26 Å². The Labute approximate surface area is 286 Å². The van der Waals surface area contributed by atoms with Gasteiger partial charge >= 0.3 is 0 Å². The first-order valence-corrected chi connectivity index (χ1v) is 16.5. The summed E-state index contributed by atoms with van der Waals surface area (Å²) in [6, 6.07) is 32.5. The zero-order valence-corrected chi connectivity index (χ0v) is 27.6. The molecule has 0 saturated carbocycles. The molecule has 0 saturated heterocycles. The van der Waals surface area contributed by atoms with Gasteiger partial charge in [0.25, 0.3) is 11.8 Å². The maximum atomic E-state index is 13.6. The zero-order chi connectivity index (χ0) is 33.9. The van der Waals surface area contributed by atoms with Crippen LogP contribution < -0.4 is 25.4 Å².